The molecule has 31 heavy (non-hydrogen) atoms. The summed E-state index contributed by atoms with van der Waals surface area (Å²) < 4.78 is 21.1. The smallest absolute Gasteiger partial charge is 0.274 e. The molecule has 1 aliphatic heterocycles. The normalized spacial score (nSPS) is 19.0. The number of halogens is 1. The molecule has 168 valence electrons. The van der Waals surface area contributed by atoms with Gasteiger partial charge in [-0.1, -0.05) is 19.9 Å². The number of benzene rings is 1. The summed E-state index contributed by atoms with van der Waals surface area (Å²) in [6, 6.07) is 5.16. The van der Waals surface area contributed by atoms with E-state index in [4.69, 9.17) is 9.84 Å². The first-order valence-corrected chi connectivity index (χ1v) is 11.4. The van der Waals surface area contributed by atoms with Crippen LogP contribution in [0.1, 0.15) is 53.1 Å². The average molecular weight is 429 g/mol. The zero-order chi connectivity index (χ0) is 22.0. The molecule has 4 rings (SSSR count). The van der Waals surface area contributed by atoms with E-state index < -0.39 is 0 Å². The Bertz CT molecular complexity index is 934. The molecule has 1 atom stereocenters. The summed E-state index contributed by atoms with van der Waals surface area (Å²) in [5.74, 6) is 0.271. The number of nitrogens with zero attached hydrogens (tertiary/aromatic N) is 3. The van der Waals surface area contributed by atoms with E-state index in [1.807, 2.05) is 17.9 Å². The van der Waals surface area contributed by atoms with E-state index in [0.717, 1.165) is 42.5 Å². The van der Waals surface area contributed by atoms with Crippen LogP contribution < -0.4 is 5.32 Å². The van der Waals surface area contributed by atoms with Gasteiger partial charge >= 0.3 is 0 Å². The van der Waals surface area contributed by atoms with Gasteiger partial charge in [-0.15, -0.1) is 0 Å². The molecule has 1 aliphatic carbocycles. The number of carbonyl (C=O) groups is 1. The van der Waals surface area contributed by atoms with Gasteiger partial charge < -0.3 is 15.0 Å². The molecule has 1 N–H and O–H groups in total. The fraction of sp³-hybridized carbons (Fsp3) is 0.583. The quantitative estimate of drug-likeness (QED) is 0.768. The molecule has 0 unspecified atom stereocenters. The van der Waals surface area contributed by atoms with Gasteiger partial charge in [-0.05, 0) is 55.4 Å². The van der Waals surface area contributed by atoms with Gasteiger partial charge in [-0.2, -0.15) is 5.10 Å². The molecule has 1 amide bonds. The summed E-state index contributed by atoms with van der Waals surface area (Å²) >= 11 is 0. The molecule has 1 fully saturated rings. The number of morpholine rings is 1. The van der Waals surface area contributed by atoms with Gasteiger partial charge in [0.2, 0.25) is 0 Å². The highest BCUT2D eigenvalue weighted by Gasteiger charge is 2.31. The highest BCUT2D eigenvalue weighted by Crippen LogP contribution is 2.27. The van der Waals surface area contributed by atoms with Crippen molar-refractivity contribution in [3.05, 3.63) is 52.1 Å². The Labute approximate surface area is 183 Å². The lowest BCUT2D eigenvalue weighted by molar-refractivity contribution is 0.0297. The van der Waals surface area contributed by atoms with Crippen molar-refractivity contribution in [1.82, 2.24) is 20.0 Å². The highest BCUT2D eigenvalue weighted by atomic mass is 19.1. The number of hydrogen-bond acceptors (Lipinski definition) is 4. The summed E-state index contributed by atoms with van der Waals surface area (Å²) in [5.41, 5.74) is 4.94. The molecule has 0 spiro atoms. The monoisotopic (exact) mass is 428 g/mol. The van der Waals surface area contributed by atoms with Crippen molar-refractivity contribution in [2.45, 2.75) is 59.2 Å². The molecule has 7 heteroatoms. The fourth-order valence-electron chi connectivity index (χ4n) is 4.53. The number of aryl methyl sites for hydroxylation is 1. The lowest BCUT2D eigenvalue weighted by Gasteiger charge is -2.28. The van der Waals surface area contributed by atoms with E-state index in [-0.39, 0.29) is 17.8 Å². The number of amides is 1. The maximum Gasteiger partial charge on any atom is 0.274 e. The SMILES string of the molecule is Cc1ccc(F)cc1CN[C@H]1CCc2c(c(C(=O)N3CCOCC3)nn2CC(C)C)C1. The largest absolute Gasteiger partial charge is 0.378 e. The summed E-state index contributed by atoms with van der Waals surface area (Å²) in [6.07, 6.45) is 2.65. The Kier molecular flexibility index (Phi) is 6.72. The van der Waals surface area contributed by atoms with Crippen molar-refractivity contribution in [1.29, 1.82) is 0 Å². The van der Waals surface area contributed by atoms with Gasteiger partial charge in [0.25, 0.3) is 5.91 Å². The van der Waals surface area contributed by atoms with Crippen molar-refractivity contribution >= 4 is 5.91 Å². The summed E-state index contributed by atoms with van der Waals surface area (Å²) in [6.45, 7) is 10.2. The van der Waals surface area contributed by atoms with Crippen LogP contribution in [0.2, 0.25) is 0 Å². The third kappa shape index (κ3) is 4.99. The predicted octanol–water partition coefficient (Wildman–Crippen LogP) is 3.11. The zero-order valence-corrected chi connectivity index (χ0v) is 18.8. The summed E-state index contributed by atoms with van der Waals surface area (Å²) in [5, 5.41) is 8.39. The van der Waals surface area contributed by atoms with E-state index >= 15 is 0 Å². The van der Waals surface area contributed by atoms with Gasteiger partial charge in [0.15, 0.2) is 5.69 Å². The number of hydrogen-bond donors (Lipinski definition) is 1. The number of nitrogens with one attached hydrogen (secondary N) is 1. The Morgan fingerprint density at radius 1 is 1.32 bits per heavy atom. The molecule has 1 aromatic carbocycles. The third-order valence-electron chi connectivity index (χ3n) is 6.28. The van der Waals surface area contributed by atoms with Gasteiger partial charge in [-0.3, -0.25) is 9.48 Å². The fourth-order valence-corrected chi connectivity index (χ4v) is 4.53. The second-order valence-electron chi connectivity index (χ2n) is 9.15. The molecule has 0 saturated carbocycles. The Hall–Kier alpha value is -2.25. The van der Waals surface area contributed by atoms with E-state index in [0.29, 0.717) is 44.5 Å². The van der Waals surface area contributed by atoms with Crippen LogP contribution >= 0.6 is 0 Å². The second kappa shape index (κ2) is 9.49. The lowest BCUT2D eigenvalue weighted by Crippen LogP contribution is -2.41. The van der Waals surface area contributed by atoms with E-state index in [1.165, 1.54) is 11.8 Å². The molecule has 1 aromatic heterocycles. The van der Waals surface area contributed by atoms with Crippen LogP contribution in [-0.4, -0.2) is 52.9 Å². The Balaban J connectivity index is 1.53. The van der Waals surface area contributed by atoms with Crippen molar-refractivity contribution in [3.8, 4) is 0 Å². The topological polar surface area (TPSA) is 59.4 Å². The number of rotatable bonds is 6. The van der Waals surface area contributed by atoms with Crippen LogP contribution in [0.25, 0.3) is 0 Å². The molecule has 1 saturated heterocycles. The van der Waals surface area contributed by atoms with Crippen molar-refractivity contribution in [3.63, 3.8) is 0 Å². The minimum Gasteiger partial charge on any atom is -0.378 e. The van der Waals surface area contributed by atoms with Crippen LogP contribution in [0.5, 0.6) is 0 Å². The molecule has 6 nitrogen and oxygen atoms in total. The van der Waals surface area contributed by atoms with Crippen molar-refractivity contribution < 1.29 is 13.9 Å². The van der Waals surface area contributed by atoms with Crippen LogP contribution in [0.3, 0.4) is 0 Å². The van der Waals surface area contributed by atoms with E-state index in [1.54, 1.807) is 6.07 Å². The first-order chi connectivity index (χ1) is 14.9. The van der Waals surface area contributed by atoms with Crippen LogP contribution in [0.15, 0.2) is 18.2 Å². The van der Waals surface area contributed by atoms with Gasteiger partial charge in [0, 0.05) is 43.5 Å². The van der Waals surface area contributed by atoms with E-state index in [2.05, 4.69) is 23.8 Å². The maximum absolute atomic E-state index is 13.6. The number of carbonyl (C=O) groups excluding carboxylic acids is 1. The van der Waals surface area contributed by atoms with Crippen LogP contribution in [-0.2, 0) is 30.7 Å². The van der Waals surface area contributed by atoms with Gasteiger partial charge in [-0.25, -0.2) is 4.39 Å². The molecule has 0 bridgehead atoms. The average Bonchev–Trinajstić information content (AvgIpc) is 3.11. The summed E-state index contributed by atoms with van der Waals surface area (Å²) in [7, 11) is 0. The number of ether oxygens (including phenoxy) is 1. The number of aromatic nitrogens is 2. The molecule has 2 aliphatic rings. The maximum atomic E-state index is 13.6. The highest BCUT2D eigenvalue weighted by molar-refractivity contribution is 5.94. The zero-order valence-electron chi connectivity index (χ0n) is 18.8. The Morgan fingerprint density at radius 3 is 2.84 bits per heavy atom. The second-order valence-corrected chi connectivity index (χ2v) is 9.15. The first kappa shape index (κ1) is 22.0. The molecule has 2 heterocycles. The molecule has 2 aromatic rings. The Morgan fingerprint density at radius 2 is 2.10 bits per heavy atom. The first-order valence-electron chi connectivity index (χ1n) is 11.4. The third-order valence-corrected chi connectivity index (χ3v) is 6.28. The minimum atomic E-state index is -0.207. The van der Waals surface area contributed by atoms with Crippen molar-refractivity contribution in [2.24, 2.45) is 5.92 Å². The van der Waals surface area contributed by atoms with Gasteiger partial charge in [0.1, 0.15) is 5.82 Å². The molecule has 0 radical (unpaired) electrons. The molecular formula is C24H33FN4O2. The van der Waals surface area contributed by atoms with Crippen LogP contribution in [0, 0.1) is 18.7 Å². The predicted molar refractivity (Wildman–Crippen MR) is 118 cm³/mol. The van der Waals surface area contributed by atoms with E-state index in [9.17, 15) is 9.18 Å². The molecular weight excluding hydrogens is 395 g/mol. The standard InChI is InChI=1S/C24H33FN4O2/c1-16(2)15-29-22-7-6-20(26-14-18-12-19(25)5-4-17(18)3)13-21(22)23(27-29)24(30)28-8-10-31-11-9-28/h4-5,12,16,20,26H,6-11,13-15H2,1-3H3/t20-/m0/s1. The van der Waals surface area contributed by atoms with Crippen molar-refractivity contribution in [2.75, 3.05) is 26.3 Å². The van der Waals surface area contributed by atoms with Crippen LogP contribution in [0.4, 0.5) is 4.39 Å². The summed E-state index contributed by atoms with van der Waals surface area (Å²) in [4.78, 5) is 15.1. The number of fused-ring (bicyclic) bond motifs is 1. The lowest BCUT2D eigenvalue weighted by atomic mass is 9.90. The minimum absolute atomic E-state index is 0.0173. The van der Waals surface area contributed by atoms with Gasteiger partial charge in [0.05, 0.1) is 13.2 Å².